The molecule has 1 aromatic rings. The van der Waals surface area contributed by atoms with Crippen molar-refractivity contribution in [1.29, 1.82) is 0 Å². The summed E-state index contributed by atoms with van der Waals surface area (Å²) in [5, 5.41) is 3.68. The maximum absolute atomic E-state index is 8.51. The molecule has 0 aliphatic carbocycles. The van der Waals surface area contributed by atoms with Crippen LogP contribution in [0.5, 0.6) is 0 Å². The standard InChI is InChI=1S/C14H17N3/c1-11(9-10-14(2,3)4)12-7-5-6-8-13(12)16-17-15/h5-8,11H,1-4H3. The predicted molar refractivity (Wildman–Crippen MR) is 70.9 cm³/mol. The van der Waals surface area contributed by atoms with Crippen molar-refractivity contribution in [3.8, 4) is 11.8 Å². The third-order valence-electron chi connectivity index (χ3n) is 2.22. The molecule has 0 radical (unpaired) electrons. The Kier molecular flexibility index (Phi) is 4.20. The Morgan fingerprint density at radius 3 is 2.53 bits per heavy atom. The summed E-state index contributed by atoms with van der Waals surface area (Å²) in [6.07, 6.45) is 0. The average molecular weight is 227 g/mol. The Morgan fingerprint density at radius 1 is 1.29 bits per heavy atom. The summed E-state index contributed by atoms with van der Waals surface area (Å²) in [6.45, 7) is 8.24. The molecule has 17 heavy (non-hydrogen) atoms. The van der Waals surface area contributed by atoms with Crippen LogP contribution in [0.2, 0.25) is 0 Å². The smallest absolute Gasteiger partial charge is 0.0428 e. The lowest BCUT2D eigenvalue weighted by atomic mass is 9.94. The van der Waals surface area contributed by atoms with Gasteiger partial charge in [-0.3, -0.25) is 0 Å². The number of azide groups is 1. The molecule has 0 bridgehead atoms. The van der Waals surface area contributed by atoms with E-state index in [1.54, 1.807) is 0 Å². The van der Waals surface area contributed by atoms with Gasteiger partial charge in [-0.05, 0) is 38.8 Å². The zero-order valence-electron chi connectivity index (χ0n) is 10.7. The second-order valence-corrected chi connectivity index (χ2v) is 4.99. The largest absolute Gasteiger partial charge is 0.0967 e. The highest BCUT2D eigenvalue weighted by Gasteiger charge is 2.08. The molecular formula is C14H17N3. The van der Waals surface area contributed by atoms with Gasteiger partial charge in [0.05, 0.1) is 0 Å². The van der Waals surface area contributed by atoms with E-state index in [1.807, 2.05) is 31.2 Å². The molecule has 88 valence electrons. The summed E-state index contributed by atoms with van der Waals surface area (Å²) >= 11 is 0. The molecule has 0 N–H and O–H groups in total. The molecule has 3 heteroatoms. The molecule has 1 atom stereocenters. The van der Waals surface area contributed by atoms with E-state index < -0.39 is 0 Å². The molecule has 0 aliphatic rings. The third-order valence-corrected chi connectivity index (χ3v) is 2.22. The summed E-state index contributed by atoms with van der Waals surface area (Å²) in [5.41, 5.74) is 10.1. The SMILES string of the molecule is CC(C#CC(C)(C)C)c1ccccc1N=[N+]=[N-]. The minimum absolute atomic E-state index is 0.0122. The van der Waals surface area contributed by atoms with Crippen molar-refractivity contribution in [2.75, 3.05) is 0 Å². The summed E-state index contributed by atoms with van der Waals surface area (Å²) in [7, 11) is 0. The number of nitrogens with zero attached hydrogens (tertiary/aromatic N) is 3. The van der Waals surface area contributed by atoms with E-state index in [1.165, 1.54) is 0 Å². The van der Waals surface area contributed by atoms with Crippen molar-refractivity contribution < 1.29 is 0 Å². The highest BCUT2D eigenvalue weighted by molar-refractivity contribution is 5.49. The summed E-state index contributed by atoms with van der Waals surface area (Å²) in [6, 6.07) is 7.55. The molecule has 0 aliphatic heterocycles. The first-order valence-corrected chi connectivity index (χ1v) is 5.61. The van der Waals surface area contributed by atoms with Crippen LogP contribution in [0.1, 0.15) is 39.2 Å². The second kappa shape index (κ2) is 5.43. The zero-order chi connectivity index (χ0) is 12.9. The van der Waals surface area contributed by atoms with Crippen LogP contribution in [-0.4, -0.2) is 0 Å². The fourth-order valence-corrected chi connectivity index (χ4v) is 1.40. The van der Waals surface area contributed by atoms with Crippen molar-refractivity contribution in [1.82, 2.24) is 0 Å². The first-order chi connectivity index (χ1) is 7.94. The van der Waals surface area contributed by atoms with E-state index in [-0.39, 0.29) is 11.3 Å². The van der Waals surface area contributed by atoms with Gasteiger partial charge in [-0.2, -0.15) is 0 Å². The average Bonchev–Trinajstić information content (AvgIpc) is 2.26. The van der Waals surface area contributed by atoms with Crippen molar-refractivity contribution in [2.45, 2.75) is 33.6 Å². The zero-order valence-corrected chi connectivity index (χ0v) is 10.7. The van der Waals surface area contributed by atoms with Gasteiger partial charge in [0.15, 0.2) is 0 Å². The van der Waals surface area contributed by atoms with Gasteiger partial charge in [0.1, 0.15) is 0 Å². The van der Waals surface area contributed by atoms with Crippen molar-refractivity contribution in [3.63, 3.8) is 0 Å². The molecule has 0 heterocycles. The molecule has 0 fully saturated rings. The molecule has 0 aromatic heterocycles. The van der Waals surface area contributed by atoms with Gasteiger partial charge in [-0.15, -0.1) is 0 Å². The fourth-order valence-electron chi connectivity index (χ4n) is 1.40. The molecule has 0 spiro atoms. The van der Waals surface area contributed by atoms with Crippen LogP contribution in [0.4, 0.5) is 5.69 Å². The number of hydrogen-bond donors (Lipinski definition) is 0. The molecule has 0 amide bonds. The minimum Gasteiger partial charge on any atom is -0.0967 e. The van der Waals surface area contributed by atoms with Gasteiger partial charge >= 0.3 is 0 Å². The van der Waals surface area contributed by atoms with Gasteiger partial charge < -0.3 is 0 Å². The summed E-state index contributed by atoms with van der Waals surface area (Å²) in [4.78, 5) is 2.83. The Bertz CT molecular complexity index is 494. The Morgan fingerprint density at radius 2 is 1.94 bits per heavy atom. The predicted octanol–water partition coefficient (Wildman–Crippen LogP) is 4.78. The Hall–Kier alpha value is -1.91. The lowest BCUT2D eigenvalue weighted by molar-refractivity contribution is 0.569. The van der Waals surface area contributed by atoms with E-state index in [9.17, 15) is 0 Å². The fraction of sp³-hybridized carbons (Fsp3) is 0.429. The van der Waals surface area contributed by atoms with E-state index >= 15 is 0 Å². The molecule has 0 saturated carbocycles. The highest BCUT2D eigenvalue weighted by atomic mass is 15.1. The normalized spacial score (nSPS) is 12.0. The second-order valence-electron chi connectivity index (χ2n) is 4.99. The van der Waals surface area contributed by atoms with Gasteiger partial charge in [-0.25, -0.2) is 0 Å². The first-order valence-electron chi connectivity index (χ1n) is 5.61. The quantitative estimate of drug-likeness (QED) is 0.302. The molecule has 1 rings (SSSR count). The van der Waals surface area contributed by atoms with E-state index in [4.69, 9.17) is 5.53 Å². The topological polar surface area (TPSA) is 48.8 Å². The number of benzene rings is 1. The third kappa shape index (κ3) is 4.22. The van der Waals surface area contributed by atoms with Crippen molar-refractivity contribution in [2.24, 2.45) is 10.5 Å². The van der Waals surface area contributed by atoms with E-state index in [0.29, 0.717) is 5.69 Å². The van der Waals surface area contributed by atoms with Crippen LogP contribution < -0.4 is 0 Å². The van der Waals surface area contributed by atoms with Crippen LogP contribution >= 0.6 is 0 Å². The van der Waals surface area contributed by atoms with Crippen LogP contribution in [0.15, 0.2) is 29.4 Å². The molecule has 1 aromatic carbocycles. The van der Waals surface area contributed by atoms with Gasteiger partial charge in [-0.1, -0.05) is 41.2 Å². The number of rotatable bonds is 2. The van der Waals surface area contributed by atoms with Crippen molar-refractivity contribution in [3.05, 3.63) is 40.3 Å². The Labute approximate surface area is 102 Å². The Balaban J connectivity index is 3.07. The molecule has 1 unspecified atom stereocenters. The van der Waals surface area contributed by atoms with Crippen LogP contribution in [0.25, 0.3) is 10.4 Å². The van der Waals surface area contributed by atoms with Gasteiger partial charge in [0, 0.05) is 21.9 Å². The van der Waals surface area contributed by atoms with Gasteiger partial charge in [0.2, 0.25) is 0 Å². The van der Waals surface area contributed by atoms with Gasteiger partial charge in [0.25, 0.3) is 0 Å². The summed E-state index contributed by atoms with van der Waals surface area (Å²) < 4.78 is 0. The van der Waals surface area contributed by atoms with E-state index in [0.717, 1.165) is 5.56 Å². The first kappa shape index (κ1) is 13.2. The maximum Gasteiger partial charge on any atom is 0.0428 e. The van der Waals surface area contributed by atoms with Crippen LogP contribution in [-0.2, 0) is 0 Å². The van der Waals surface area contributed by atoms with E-state index in [2.05, 4.69) is 42.6 Å². The number of hydrogen-bond acceptors (Lipinski definition) is 1. The highest BCUT2D eigenvalue weighted by Crippen LogP contribution is 2.26. The monoisotopic (exact) mass is 227 g/mol. The molecule has 3 nitrogen and oxygen atoms in total. The minimum atomic E-state index is -0.0122. The van der Waals surface area contributed by atoms with Crippen LogP contribution in [0, 0.1) is 17.3 Å². The van der Waals surface area contributed by atoms with Crippen molar-refractivity contribution >= 4 is 5.69 Å². The van der Waals surface area contributed by atoms with Crippen LogP contribution in [0.3, 0.4) is 0 Å². The lowest BCUT2D eigenvalue weighted by Gasteiger charge is -2.11. The maximum atomic E-state index is 8.51. The molecular weight excluding hydrogens is 210 g/mol. The lowest BCUT2D eigenvalue weighted by Crippen LogP contribution is -2.00. The summed E-state index contributed by atoms with van der Waals surface area (Å²) in [5.74, 6) is 6.47. The molecule has 0 saturated heterocycles.